The summed E-state index contributed by atoms with van der Waals surface area (Å²) in [4.78, 5) is 66.2. The lowest BCUT2D eigenvalue weighted by Crippen LogP contribution is -2.60. The molecule has 352 valence electrons. The van der Waals surface area contributed by atoms with E-state index in [1.165, 1.54) is 36.1 Å². The molecular weight excluding hydrogens is 849 g/mol. The molecule has 3 aliphatic heterocycles. The van der Waals surface area contributed by atoms with Crippen molar-refractivity contribution in [1.82, 2.24) is 35.2 Å². The lowest BCUT2D eigenvalue weighted by atomic mass is 9.84. The first kappa shape index (κ1) is 47.9. The standard InChI is InChI=1S/C48H66N8O8S/c1-10-55-40-16-15-31(39-27-65-41(50-39)23-38(51-46(61)64-47(4,5)6)44(58)56-18-12-14-37(52-56)45(59)60)21-34(40)36(24-48(7,8)28-63-30(3)57)43(55)35-22-33(25-49-42(35)29(2)62-9)54-20-19-53-17-11-13-32(53)26-54/h15-16,21-22,25,27,29,32,37-38,52H,10-14,17-20,23-24,26,28H2,1-9H3,(H,51,61)(H,59,60)/t29-,32?,37?,38?/m0/s1. The highest BCUT2D eigenvalue weighted by Crippen LogP contribution is 2.43. The number of thiazole rings is 1. The zero-order valence-corrected chi connectivity index (χ0v) is 40.2. The van der Waals surface area contributed by atoms with E-state index in [1.807, 2.05) is 18.5 Å². The molecule has 3 N–H and O–H groups in total. The number of hydrogen-bond acceptors (Lipinski definition) is 13. The van der Waals surface area contributed by atoms with Crippen LogP contribution in [-0.4, -0.2) is 124 Å². The number of amides is 2. The second-order valence-corrected chi connectivity index (χ2v) is 20.3. The molecule has 3 fully saturated rings. The van der Waals surface area contributed by atoms with E-state index in [9.17, 15) is 24.3 Å². The summed E-state index contributed by atoms with van der Waals surface area (Å²) in [5.74, 6) is -1.85. The van der Waals surface area contributed by atoms with Crippen molar-refractivity contribution in [3.05, 3.63) is 52.1 Å². The molecule has 3 aliphatic rings. The van der Waals surface area contributed by atoms with Crippen LogP contribution in [0.3, 0.4) is 0 Å². The van der Waals surface area contributed by atoms with Crippen molar-refractivity contribution >= 4 is 51.9 Å². The van der Waals surface area contributed by atoms with Crippen molar-refractivity contribution in [2.45, 2.75) is 130 Å². The molecule has 0 aliphatic carbocycles. The Kier molecular flexibility index (Phi) is 14.6. The number of hydrogen-bond donors (Lipinski definition) is 3. The summed E-state index contributed by atoms with van der Waals surface area (Å²) < 4.78 is 19.5. The number of carboxylic acid groups (broad SMARTS) is 1. The van der Waals surface area contributed by atoms with E-state index in [0.29, 0.717) is 49.1 Å². The minimum absolute atomic E-state index is 0.0620. The monoisotopic (exact) mass is 914 g/mol. The summed E-state index contributed by atoms with van der Waals surface area (Å²) in [5, 5.41) is 17.3. The molecule has 16 nitrogen and oxygen atoms in total. The largest absolute Gasteiger partial charge is 0.480 e. The quantitative estimate of drug-likeness (QED) is 0.104. The van der Waals surface area contributed by atoms with E-state index >= 15 is 0 Å². The Labute approximate surface area is 386 Å². The van der Waals surface area contributed by atoms with Gasteiger partial charge in [-0.3, -0.25) is 29.3 Å². The van der Waals surface area contributed by atoms with Crippen LogP contribution in [0.5, 0.6) is 0 Å². The number of esters is 1. The number of nitrogens with one attached hydrogen (secondary N) is 2. The summed E-state index contributed by atoms with van der Waals surface area (Å²) in [7, 11) is 1.71. The number of carbonyl (C=O) groups is 4. The van der Waals surface area contributed by atoms with Gasteiger partial charge < -0.3 is 34.1 Å². The average Bonchev–Trinajstić information content (AvgIpc) is 4.01. The number of aryl methyl sites for hydroxylation is 1. The highest BCUT2D eigenvalue weighted by molar-refractivity contribution is 7.10. The van der Waals surface area contributed by atoms with Crippen molar-refractivity contribution in [3.8, 4) is 22.5 Å². The zero-order valence-electron chi connectivity index (χ0n) is 39.4. The Bertz CT molecular complexity index is 2390. The number of fused-ring (bicyclic) bond motifs is 2. The smallest absolute Gasteiger partial charge is 0.408 e. The number of benzene rings is 1. The summed E-state index contributed by atoms with van der Waals surface area (Å²) >= 11 is 1.38. The van der Waals surface area contributed by atoms with Crippen molar-refractivity contribution in [2.75, 3.05) is 51.3 Å². The lowest BCUT2D eigenvalue weighted by Gasteiger charge is -2.39. The van der Waals surface area contributed by atoms with Crippen LogP contribution in [0.25, 0.3) is 33.4 Å². The zero-order chi connectivity index (χ0) is 46.8. The topological polar surface area (TPSA) is 181 Å². The maximum atomic E-state index is 14.0. The van der Waals surface area contributed by atoms with Crippen LogP contribution in [0, 0.1) is 5.41 Å². The highest BCUT2D eigenvalue weighted by atomic mass is 32.1. The van der Waals surface area contributed by atoms with Crippen LogP contribution < -0.4 is 15.6 Å². The molecule has 1 aromatic carbocycles. The summed E-state index contributed by atoms with van der Waals surface area (Å²) in [6, 6.07) is 7.20. The molecule has 3 aromatic heterocycles. The molecule has 4 atom stereocenters. The van der Waals surface area contributed by atoms with Gasteiger partial charge in [-0.1, -0.05) is 19.9 Å². The average molecular weight is 915 g/mol. The van der Waals surface area contributed by atoms with Gasteiger partial charge in [0, 0.05) is 92.0 Å². The Morgan fingerprint density at radius 2 is 1.82 bits per heavy atom. The third-order valence-electron chi connectivity index (χ3n) is 12.6. The van der Waals surface area contributed by atoms with Crippen molar-refractivity contribution in [2.24, 2.45) is 5.41 Å². The molecule has 7 rings (SSSR count). The molecule has 0 bridgehead atoms. The van der Waals surface area contributed by atoms with Gasteiger partial charge >= 0.3 is 18.0 Å². The number of aromatic nitrogens is 3. The van der Waals surface area contributed by atoms with Gasteiger partial charge in [0.2, 0.25) is 0 Å². The van der Waals surface area contributed by atoms with Gasteiger partial charge in [0.1, 0.15) is 17.7 Å². The first-order valence-corrected chi connectivity index (χ1v) is 23.8. The van der Waals surface area contributed by atoms with Crippen molar-refractivity contribution in [1.29, 1.82) is 0 Å². The summed E-state index contributed by atoms with van der Waals surface area (Å²) in [6.07, 6.45) is 4.92. The van der Waals surface area contributed by atoms with Crippen molar-refractivity contribution < 1.29 is 38.5 Å². The number of pyridine rings is 1. The number of alkyl carbamates (subject to hydrolysis) is 1. The number of piperazine rings is 1. The van der Waals surface area contributed by atoms with Gasteiger partial charge in [-0.2, -0.15) is 0 Å². The molecule has 65 heavy (non-hydrogen) atoms. The molecule has 0 radical (unpaired) electrons. The SMILES string of the molecule is CCn1c(-c2cc(N3CCN4CCCC4C3)cnc2[C@H](C)OC)c(CC(C)(C)COC(C)=O)c2cc(-c3csc(CC(NC(=O)OC(C)(C)C)C(=O)N4CCCC(C(=O)O)N4)n3)ccc21. The molecule has 4 aromatic rings. The van der Waals surface area contributed by atoms with E-state index in [0.717, 1.165) is 70.8 Å². The van der Waals surface area contributed by atoms with Gasteiger partial charge in [0.15, 0.2) is 0 Å². The number of ether oxygens (including phenoxy) is 3. The van der Waals surface area contributed by atoms with Gasteiger partial charge in [-0.05, 0) is 97.0 Å². The second-order valence-electron chi connectivity index (χ2n) is 19.4. The van der Waals surface area contributed by atoms with E-state index < -0.39 is 41.1 Å². The molecular formula is C48H66N8O8S. The summed E-state index contributed by atoms with van der Waals surface area (Å²) in [6.45, 7) is 20.4. The number of anilines is 1. The number of rotatable bonds is 15. The number of hydrazine groups is 1. The maximum absolute atomic E-state index is 14.0. The predicted molar refractivity (Wildman–Crippen MR) is 251 cm³/mol. The number of nitrogens with zero attached hydrogens (tertiary/aromatic N) is 6. The molecule has 6 heterocycles. The van der Waals surface area contributed by atoms with Crippen LogP contribution in [0.1, 0.15) is 103 Å². The number of carboxylic acids is 1. The Hall–Kier alpha value is -5.10. The lowest BCUT2D eigenvalue weighted by molar-refractivity contribution is -0.148. The van der Waals surface area contributed by atoms with Crippen LogP contribution in [-0.2, 0) is 48.0 Å². The van der Waals surface area contributed by atoms with Crippen LogP contribution in [0.15, 0.2) is 35.8 Å². The maximum Gasteiger partial charge on any atom is 0.408 e. The first-order valence-electron chi connectivity index (χ1n) is 22.9. The van der Waals surface area contributed by atoms with E-state index in [4.69, 9.17) is 24.2 Å². The van der Waals surface area contributed by atoms with E-state index in [1.54, 1.807) is 27.9 Å². The number of aliphatic carboxylic acids is 1. The van der Waals surface area contributed by atoms with E-state index in [-0.39, 0.29) is 25.1 Å². The minimum atomic E-state index is -1.08. The molecule has 0 spiro atoms. The van der Waals surface area contributed by atoms with Crippen LogP contribution in [0.2, 0.25) is 0 Å². The first-order chi connectivity index (χ1) is 30.8. The fourth-order valence-corrected chi connectivity index (χ4v) is 10.2. The Morgan fingerprint density at radius 1 is 1.05 bits per heavy atom. The fraction of sp³-hybridized carbons (Fsp3) is 0.583. The Balaban J connectivity index is 1.29. The molecule has 0 saturated carbocycles. The van der Waals surface area contributed by atoms with Gasteiger partial charge in [0.05, 0.1) is 46.7 Å². The van der Waals surface area contributed by atoms with Gasteiger partial charge in [-0.15, -0.1) is 11.3 Å². The van der Waals surface area contributed by atoms with Gasteiger partial charge in [-0.25, -0.2) is 15.2 Å². The normalized spacial score (nSPS) is 19.2. The third-order valence-corrected chi connectivity index (χ3v) is 13.5. The Morgan fingerprint density at radius 3 is 2.52 bits per heavy atom. The van der Waals surface area contributed by atoms with Gasteiger partial charge in [0.25, 0.3) is 5.91 Å². The second kappa shape index (κ2) is 19.8. The molecule has 2 amide bonds. The molecule has 17 heteroatoms. The molecule has 3 saturated heterocycles. The highest BCUT2D eigenvalue weighted by Gasteiger charge is 2.36. The van der Waals surface area contributed by atoms with Crippen molar-refractivity contribution in [3.63, 3.8) is 0 Å². The fourth-order valence-electron chi connectivity index (χ4n) is 9.39. The van der Waals surface area contributed by atoms with Crippen LogP contribution >= 0.6 is 11.3 Å². The third kappa shape index (κ3) is 11.1. The predicted octanol–water partition coefficient (Wildman–Crippen LogP) is 6.99. The number of carbonyl (C=O) groups excluding carboxylic acids is 3. The molecule has 3 unspecified atom stereocenters. The van der Waals surface area contributed by atoms with Crippen LogP contribution in [0.4, 0.5) is 10.5 Å². The summed E-state index contributed by atoms with van der Waals surface area (Å²) in [5.41, 5.74) is 9.28. The number of methoxy groups -OCH3 is 1. The van der Waals surface area contributed by atoms with E-state index in [2.05, 4.69) is 70.1 Å². The minimum Gasteiger partial charge on any atom is -0.480 e.